The van der Waals surface area contributed by atoms with E-state index in [0.717, 1.165) is 30.7 Å². The van der Waals surface area contributed by atoms with Crippen LogP contribution in [0.1, 0.15) is 60.3 Å². The Kier molecular flexibility index (Phi) is 8.95. The van der Waals surface area contributed by atoms with Gasteiger partial charge in [0.1, 0.15) is 0 Å². The summed E-state index contributed by atoms with van der Waals surface area (Å²) < 4.78 is 0. The molecule has 0 saturated heterocycles. The number of hydrogen-bond donors (Lipinski definition) is 0. The Bertz CT molecular complexity index is 436. The largest absolute Gasteiger partial charge is 0.0895 e. The summed E-state index contributed by atoms with van der Waals surface area (Å²) in [6, 6.07) is 0. The van der Waals surface area contributed by atoms with Crippen molar-refractivity contribution in [1.29, 1.82) is 0 Å². The van der Waals surface area contributed by atoms with Gasteiger partial charge in [-0.05, 0) is 52.0 Å². The Hall–Kier alpha value is -0.127. The van der Waals surface area contributed by atoms with Crippen LogP contribution >= 0.6 is 11.6 Å². The van der Waals surface area contributed by atoms with Gasteiger partial charge in [0.05, 0.1) is 0 Å². The van der Waals surface area contributed by atoms with Crippen LogP contribution in [0, 0.1) is 5.41 Å². The third kappa shape index (κ3) is 6.10. The van der Waals surface area contributed by atoms with Crippen LogP contribution in [0.4, 0.5) is 0 Å². The van der Waals surface area contributed by atoms with Crippen molar-refractivity contribution in [2.75, 3.05) is 0 Å². The fourth-order valence-electron chi connectivity index (χ4n) is 2.43. The molecule has 0 heterocycles. The Morgan fingerprint density at radius 1 is 1.00 bits per heavy atom. The summed E-state index contributed by atoms with van der Waals surface area (Å²) in [4.78, 5) is 0. The average molecular weight is 380 g/mol. The maximum absolute atomic E-state index is 5.82. The van der Waals surface area contributed by atoms with E-state index < -0.39 is 0 Å². The molecule has 2 heteroatoms. The quantitative estimate of drug-likeness (QED) is 0.331. The van der Waals surface area contributed by atoms with Crippen LogP contribution in [0.5, 0.6) is 0 Å². The molecule has 0 aliphatic heterocycles. The molecular formula is C18H27ClRu. The second kappa shape index (κ2) is 9.01. The zero-order chi connectivity index (χ0) is 14.5. The molecule has 0 saturated carbocycles. The summed E-state index contributed by atoms with van der Waals surface area (Å²) >= 11 is 5.82. The summed E-state index contributed by atoms with van der Waals surface area (Å²) in [5, 5.41) is 1.03. The monoisotopic (exact) mass is 380 g/mol. The van der Waals surface area contributed by atoms with Gasteiger partial charge in [-0.15, -0.1) is 0 Å². The van der Waals surface area contributed by atoms with E-state index in [2.05, 4.69) is 58.9 Å². The molecule has 114 valence electrons. The molecule has 0 unspecified atom stereocenters. The van der Waals surface area contributed by atoms with Crippen molar-refractivity contribution in [3.63, 3.8) is 0 Å². The van der Waals surface area contributed by atoms with E-state index in [4.69, 9.17) is 11.6 Å². The first kappa shape index (κ1) is 19.9. The summed E-state index contributed by atoms with van der Waals surface area (Å²) in [6.07, 6.45) is 13.3. The van der Waals surface area contributed by atoms with E-state index in [1.165, 1.54) is 16.7 Å². The van der Waals surface area contributed by atoms with Gasteiger partial charge < -0.3 is 0 Å². The molecule has 0 atom stereocenters. The molecule has 2 aliphatic rings. The van der Waals surface area contributed by atoms with Crippen molar-refractivity contribution in [2.45, 2.75) is 60.3 Å². The van der Waals surface area contributed by atoms with E-state index >= 15 is 0 Å². The van der Waals surface area contributed by atoms with Gasteiger partial charge in [0, 0.05) is 29.9 Å². The van der Waals surface area contributed by atoms with E-state index in [1.54, 1.807) is 0 Å². The zero-order valence-electron chi connectivity index (χ0n) is 13.4. The number of hydrogen-bond acceptors (Lipinski definition) is 0. The predicted octanol–water partition coefficient (Wildman–Crippen LogP) is 6.55. The van der Waals surface area contributed by atoms with E-state index in [-0.39, 0.29) is 19.5 Å². The van der Waals surface area contributed by atoms with Crippen molar-refractivity contribution in [3.8, 4) is 0 Å². The molecule has 0 N–H and O–H groups in total. The summed E-state index contributed by atoms with van der Waals surface area (Å²) in [5.74, 6) is 0. The van der Waals surface area contributed by atoms with Crippen molar-refractivity contribution in [1.82, 2.24) is 0 Å². The third-order valence-corrected chi connectivity index (χ3v) is 4.46. The van der Waals surface area contributed by atoms with Gasteiger partial charge >= 0.3 is 0 Å². The SMILES string of the molecule is CC1=CC(C)(C)C(C)=C1C.Cl/C1=C/CC/C=C\CC1.[Ru]. The van der Waals surface area contributed by atoms with Crippen molar-refractivity contribution in [2.24, 2.45) is 5.41 Å². The van der Waals surface area contributed by atoms with Gasteiger partial charge in [-0.1, -0.05) is 60.9 Å². The molecule has 0 fully saturated rings. The molecular weight excluding hydrogens is 353 g/mol. The topological polar surface area (TPSA) is 0 Å². The molecule has 0 aromatic carbocycles. The normalized spacial score (nSPS) is 25.1. The minimum Gasteiger partial charge on any atom is -0.0895 e. The maximum Gasteiger partial charge on any atom is 0.0144 e. The van der Waals surface area contributed by atoms with E-state index in [9.17, 15) is 0 Å². The number of rotatable bonds is 0. The van der Waals surface area contributed by atoms with Crippen LogP contribution in [0.3, 0.4) is 0 Å². The van der Waals surface area contributed by atoms with Crippen LogP contribution in [-0.2, 0) is 19.5 Å². The van der Waals surface area contributed by atoms with Crippen molar-refractivity contribution in [3.05, 3.63) is 46.1 Å². The molecule has 0 bridgehead atoms. The van der Waals surface area contributed by atoms with Gasteiger partial charge in [-0.3, -0.25) is 0 Å². The van der Waals surface area contributed by atoms with Crippen molar-refractivity contribution < 1.29 is 19.5 Å². The first-order valence-corrected chi connectivity index (χ1v) is 7.59. The minimum atomic E-state index is 0. The van der Waals surface area contributed by atoms with Crippen LogP contribution < -0.4 is 0 Å². The van der Waals surface area contributed by atoms with Crippen LogP contribution in [0.15, 0.2) is 46.1 Å². The molecule has 2 aliphatic carbocycles. The van der Waals surface area contributed by atoms with Crippen LogP contribution in [0.25, 0.3) is 0 Å². The Morgan fingerprint density at radius 2 is 1.60 bits per heavy atom. The Balaban J connectivity index is 0.000000345. The number of allylic oxidation sites excluding steroid dienone is 8. The first-order valence-electron chi connectivity index (χ1n) is 7.22. The third-order valence-electron chi connectivity index (χ3n) is 4.11. The smallest absolute Gasteiger partial charge is 0.0144 e. The maximum atomic E-state index is 5.82. The summed E-state index contributed by atoms with van der Waals surface area (Å²) in [7, 11) is 0. The fraction of sp³-hybridized carbons (Fsp3) is 0.556. The second-order valence-corrected chi connectivity index (χ2v) is 6.52. The van der Waals surface area contributed by atoms with Crippen molar-refractivity contribution >= 4 is 11.6 Å². The van der Waals surface area contributed by atoms with Gasteiger partial charge in [0.25, 0.3) is 0 Å². The Morgan fingerprint density at radius 3 is 2.05 bits per heavy atom. The first-order chi connectivity index (χ1) is 8.84. The second-order valence-electron chi connectivity index (χ2n) is 6.04. The molecule has 0 nitrogen and oxygen atoms in total. The van der Waals surface area contributed by atoms with Crippen LogP contribution in [0.2, 0.25) is 0 Å². The van der Waals surface area contributed by atoms with Gasteiger partial charge in [-0.25, -0.2) is 0 Å². The standard InChI is InChI=1S/C10H16.C8H11Cl.Ru/c1-7-6-10(4,5)9(3)8(7)2;9-8-6-4-2-1-3-5-7-8;/h6H,1-5H3;1-2,7H,3-6H2;/b;2-1-,8-7+;. The minimum absolute atomic E-state index is 0. The Labute approximate surface area is 142 Å². The molecule has 0 spiro atoms. The van der Waals surface area contributed by atoms with Gasteiger partial charge in [-0.2, -0.15) is 0 Å². The van der Waals surface area contributed by atoms with Gasteiger partial charge in [0.15, 0.2) is 0 Å². The zero-order valence-corrected chi connectivity index (χ0v) is 15.9. The van der Waals surface area contributed by atoms with Crippen LogP contribution in [-0.4, -0.2) is 0 Å². The fourth-order valence-corrected chi connectivity index (χ4v) is 2.65. The molecule has 20 heavy (non-hydrogen) atoms. The number of halogens is 1. The predicted molar refractivity (Wildman–Crippen MR) is 87.5 cm³/mol. The van der Waals surface area contributed by atoms with E-state index in [1.807, 2.05) is 0 Å². The molecule has 0 aromatic heterocycles. The molecule has 2 rings (SSSR count). The summed E-state index contributed by atoms with van der Waals surface area (Å²) in [5.41, 5.74) is 4.76. The van der Waals surface area contributed by atoms with Gasteiger partial charge in [0.2, 0.25) is 0 Å². The molecule has 0 amide bonds. The van der Waals surface area contributed by atoms with E-state index in [0.29, 0.717) is 5.41 Å². The molecule has 0 aromatic rings. The average Bonchev–Trinajstić information content (AvgIpc) is 2.48. The summed E-state index contributed by atoms with van der Waals surface area (Å²) in [6.45, 7) is 11.1. The molecule has 0 radical (unpaired) electrons.